The van der Waals surface area contributed by atoms with Crippen molar-refractivity contribution in [1.29, 1.82) is 0 Å². The van der Waals surface area contributed by atoms with E-state index in [0.29, 0.717) is 12.8 Å². The molecule has 0 radical (unpaired) electrons. The number of halogens is 2. The first-order valence-corrected chi connectivity index (χ1v) is 6.92. The number of amides is 1. The van der Waals surface area contributed by atoms with Crippen LogP contribution in [-0.2, 0) is 0 Å². The number of carbonyl (C=O) groups excluding carboxylic acids is 1. The summed E-state index contributed by atoms with van der Waals surface area (Å²) in [6, 6.07) is 3.89. The van der Waals surface area contributed by atoms with Crippen LogP contribution >= 0.6 is 11.6 Å². The van der Waals surface area contributed by atoms with Gasteiger partial charge >= 0.3 is 0 Å². The van der Waals surface area contributed by atoms with Gasteiger partial charge in [0.1, 0.15) is 5.82 Å². The Labute approximate surface area is 122 Å². The zero-order chi connectivity index (χ0) is 14.8. The highest BCUT2D eigenvalue weighted by Crippen LogP contribution is 2.21. The van der Waals surface area contributed by atoms with Gasteiger partial charge in [-0.05, 0) is 38.1 Å². The highest BCUT2D eigenvalue weighted by Gasteiger charge is 2.31. The van der Waals surface area contributed by atoms with Gasteiger partial charge in [-0.2, -0.15) is 0 Å². The summed E-state index contributed by atoms with van der Waals surface area (Å²) in [5.74, 6) is -1.04. The molecular weight excluding hydrogens is 283 g/mol. The fourth-order valence-corrected chi connectivity index (χ4v) is 2.31. The van der Waals surface area contributed by atoms with Crippen LogP contribution in [0.3, 0.4) is 0 Å². The van der Waals surface area contributed by atoms with Gasteiger partial charge in [-0.1, -0.05) is 11.6 Å². The third-order valence-corrected chi connectivity index (χ3v) is 3.98. The van der Waals surface area contributed by atoms with Gasteiger partial charge in [0.15, 0.2) is 0 Å². The Bertz CT molecular complexity index is 502. The quantitative estimate of drug-likeness (QED) is 0.893. The van der Waals surface area contributed by atoms with Crippen molar-refractivity contribution in [2.45, 2.75) is 18.4 Å². The first-order chi connectivity index (χ1) is 9.39. The molecule has 0 unspecified atom stereocenters. The molecule has 6 heteroatoms. The molecule has 1 aromatic rings. The molecule has 110 valence electrons. The average molecular weight is 301 g/mol. The maximum Gasteiger partial charge on any atom is 0.251 e. The molecule has 1 saturated heterocycles. The van der Waals surface area contributed by atoms with E-state index in [1.807, 2.05) is 7.05 Å². The number of hydrogen-bond donors (Lipinski definition) is 2. The molecule has 1 heterocycles. The fourth-order valence-electron chi connectivity index (χ4n) is 2.20. The molecule has 1 fully saturated rings. The SMILES string of the molecule is CN1CCC(O)(CNC(=O)c2ccc(Cl)c(F)c2)CC1. The largest absolute Gasteiger partial charge is 0.388 e. The van der Waals surface area contributed by atoms with Crippen LogP contribution in [0.4, 0.5) is 4.39 Å². The Morgan fingerprint density at radius 3 is 2.75 bits per heavy atom. The van der Waals surface area contributed by atoms with E-state index in [1.165, 1.54) is 12.1 Å². The van der Waals surface area contributed by atoms with Crippen molar-refractivity contribution in [2.24, 2.45) is 0 Å². The van der Waals surface area contributed by atoms with Crippen molar-refractivity contribution in [1.82, 2.24) is 10.2 Å². The van der Waals surface area contributed by atoms with Gasteiger partial charge in [-0.3, -0.25) is 4.79 Å². The van der Waals surface area contributed by atoms with Crippen LogP contribution < -0.4 is 5.32 Å². The second-order valence-electron chi connectivity index (χ2n) is 5.34. The summed E-state index contributed by atoms with van der Waals surface area (Å²) in [6.07, 6.45) is 1.22. The molecule has 0 aliphatic carbocycles. The summed E-state index contributed by atoms with van der Waals surface area (Å²) in [5.41, 5.74) is -0.684. The van der Waals surface area contributed by atoms with Gasteiger partial charge < -0.3 is 15.3 Å². The van der Waals surface area contributed by atoms with Gasteiger partial charge in [-0.25, -0.2) is 4.39 Å². The monoisotopic (exact) mass is 300 g/mol. The first-order valence-electron chi connectivity index (χ1n) is 6.54. The Morgan fingerprint density at radius 2 is 2.15 bits per heavy atom. The highest BCUT2D eigenvalue weighted by molar-refractivity contribution is 6.30. The molecule has 0 spiro atoms. The smallest absolute Gasteiger partial charge is 0.251 e. The Balaban J connectivity index is 1.93. The van der Waals surface area contributed by atoms with Crippen LogP contribution in [0.5, 0.6) is 0 Å². The lowest BCUT2D eigenvalue weighted by atomic mass is 9.91. The van der Waals surface area contributed by atoms with Crippen LogP contribution in [0, 0.1) is 5.82 Å². The third kappa shape index (κ3) is 3.69. The number of nitrogens with zero attached hydrogens (tertiary/aromatic N) is 1. The molecule has 20 heavy (non-hydrogen) atoms. The summed E-state index contributed by atoms with van der Waals surface area (Å²) < 4.78 is 13.3. The first kappa shape index (κ1) is 15.2. The number of benzene rings is 1. The molecule has 0 aromatic heterocycles. The van der Waals surface area contributed by atoms with Gasteiger partial charge in [-0.15, -0.1) is 0 Å². The Kier molecular flexibility index (Phi) is 4.62. The molecule has 1 aliphatic rings. The van der Waals surface area contributed by atoms with Crippen molar-refractivity contribution in [2.75, 3.05) is 26.7 Å². The minimum atomic E-state index is -0.882. The van der Waals surface area contributed by atoms with Crippen molar-refractivity contribution in [3.63, 3.8) is 0 Å². The van der Waals surface area contributed by atoms with E-state index in [1.54, 1.807) is 0 Å². The second-order valence-corrected chi connectivity index (χ2v) is 5.75. The van der Waals surface area contributed by atoms with E-state index in [-0.39, 0.29) is 17.1 Å². The van der Waals surface area contributed by atoms with Crippen molar-refractivity contribution in [3.05, 3.63) is 34.6 Å². The molecule has 1 amide bonds. The lowest BCUT2D eigenvalue weighted by Crippen LogP contribution is -2.50. The van der Waals surface area contributed by atoms with Crippen LogP contribution in [-0.4, -0.2) is 48.2 Å². The minimum Gasteiger partial charge on any atom is -0.388 e. The number of rotatable bonds is 3. The fraction of sp³-hybridized carbons (Fsp3) is 0.500. The molecule has 1 aliphatic heterocycles. The third-order valence-electron chi connectivity index (χ3n) is 3.68. The molecule has 0 saturated carbocycles. The Hall–Kier alpha value is -1.17. The van der Waals surface area contributed by atoms with Crippen molar-refractivity contribution >= 4 is 17.5 Å². The standard InChI is InChI=1S/C14H18ClFN2O2/c1-18-6-4-14(20,5-7-18)9-17-13(19)10-2-3-11(15)12(16)8-10/h2-3,8,20H,4-7,9H2,1H3,(H,17,19). The van der Waals surface area contributed by atoms with Crippen LogP contribution in [0.2, 0.25) is 5.02 Å². The molecule has 2 N–H and O–H groups in total. The number of likely N-dealkylation sites (tertiary alicyclic amines) is 1. The van der Waals surface area contributed by atoms with Gasteiger partial charge in [0.2, 0.25) is 0 Å². The van der Waals surface area contributed by atoms with Crippen molar-refractivity contribution < 1.29 is 14.3 Å². The average Bonchev–Trinajstić information content (AvgIpc) is 2.43. The van der Waals surface area contributed by atoms with E-state index >= 15 is 0 Å². The van der Waals surface area contributed by atoms with Gasteiger partial charge in [0.25, 0.3) is 5.91 Å². The van der Waals surface area contributed by atoms with E-state index in [4.69, 9.17) is 11.6 Å². The number of carbonyl (C=O) groups is 1. The summed E-state index contributed by atoms with van der Waals surface area (Å²) in [7, 11) is 1.99. The number of aliphatic hydroxyl groups is 1. The predicted molar refractivity (Wildman–Crippen MR) is 75.4 cm³/mol. The maximum atomic E-state index is 13.3. The van der Waals surface area contributed by atoms with E-state index in [9.17, 15) is 14.3 Å². The summed E-state index contributed by atoms with van der Waals surface area (Å²) in [6.45, 7) is 1.76. The van der Waals surface area contributed by atoms with Crippen LogP contribution in [0.15, 0.2) is 18.2 Å². The molecule has 2 rings (SSSR count). The van der Waals surface area contributed by atoms with Gasteiger partial charge in [0, 0.05) is 25.2 Å². The molecule has 4 nitrogen and oxygen atoms in total. The number of piperidine rings is 1. The summed E-state index contributed by atoms with van der Waals surface area (Å²) in [5, 5.41) is 13.0. The zero-order valence-corrected chi connectivity index (χ0v) is 12.1. The molecular formula is C14H18ClFN2O2. The van der Waals surface area contributed by atoms with Gasteiger partial charge in [0.05, 0.1) is 10.6 Å². The molecule has 0 atom stereocenters. The molecule has 0 bridgehead atoms. The lowest BCUT2D eigenvalue weighted by molar-refractivity contribution is -0.0135. The Morgan fingerprint density at radius 1 is 1.50 bits per heavy atom. The maximum absolute atomic E-state index is 13.3. The van der Waals surface area contributed by atoms with Crippen LogP contribution in [0.25, 0.3) is 0 Å². The van der Waals surface area contributed by atoms with E-state index < -0.39 is 17.3 Å². The topological polar surface area (TPSA) is 52.6 Å². The number of nitrogens with one attached hydrogen (secondary N) is 1. The second kappa shape index (κ2) is 6.08. The predicted octanol–water partition coefficient (Wildman–Crippen LogP) is 1.67. The normalized spacial score (nSPS) is 18.8. The number of hydrogen-bond acceptors (Lipinski definition) is 3. The zero-order valence-electron chi connectivity index (χ0n) is 11.3. The summed E-state index contributed by atoms with van der Waals surface area (Å²) >= 11 is 5.57. The van der Waals surface area contributed by atoms with Crippen LogP contribution in [0.1, 0.15) is 23.2 Å². The highest BCUT2D eigenvalue weighted by atomic mass is 35.5. The minimum absolute atomic E-state index is 0.0181. The van der Waals surface area contributed by atoms with E-state index in [2.05, 4.69) is 10.2 Å². The van der Waals surface area contributed by atoms with E-state index in [0.717, 1.165) is 19.2 Å². The summed E-state index contributed by atoms with van der Waals surface area (Å²) in [4.78, 5) is 14.0. The lowest BCUT2D eigenvalue weighted by Gasteiger charge is -2.36. The molecule has 1 aromatic carbocycles. The van der Waals surface area contributed by atoms with Crippen molar-refractivity contribution in [3.8, 4) is 0 Å².